The number of nitriles is 1. The molecule has 2 rings (SSSR count). The van der Waals surface area contributed by atoms with Gasteiger partial charge in [0.25, 0.3) is 5.56 Å². The van der Waals surface area contributed by atoms with Gasteiger partial charge >= 0.3 is 6.18 Å². The first-order chi connectivity index (χ1) is 8.84. The summed E-state index contributed by atoms with van der Waals surface area (Å²) in [7, 11) is 1.52. The van der Waals surface area contributed by atoms with Crippen molar-refractivity contribution in [3.05, 3.63) is 16.6 Å². The van der Waals surface area contributed by atoms with E-state index in [1.165, 1.54) is 17.9 Å². The highest BCUT2D eigenvalue weighted by atomic mass is 19.4. The maximum absolute atomic E-state index is 12.5. The molecule has 0 aliphatic heterocycles. The monoisotopic (exact) mass is 272 g/mol. The molecule has 0 bridgehead atoms. The van der Waals surface area contributed by atoms with Gasteiger partial charge in [-0.15, -0.1) is 5.10 Å². The third-order valence-electron chi connectivity index (χ3n) is 2.53. The van der Waals surface area contributed by atoms with Crippen LogP contribution in [0.15, 0.2) is 11.0 Å². The number of hydrogen-bond donors (Lipinski definition) is 0. The first-order valence-corrected chi connectivity index (χ1v) is 5.06. The average molecular weight is 272 g/mol. The van der Waals surface area contributed by atoms with Crippen LogP contribution < -0.4 is 5.56 Å². The largest absolute Gasteiger partial charge is 0.406 e. The van der Waals surface area contributed by atoms with E-state index < -0.39 is 24.2 Å². The van der Waals surface area contributed by atoms with E-state index in [-0.39, 0.29) is 11.0 Å². The Morgan fingerprint density at radius 2 is 2.21 bits per heavy atom. The van der Waals surface area contributed by atoms with Gasteiger partial charge in [-0.3, -0.25) is 4.79 Å². The number of halogens is 3. The van der Waals surface area contributed by atoms with Crippen LogP contribution in [-0.4, -0.2) is 31.0 Å². The fourth-order valence-corrected chi connectivity index (χ4v) is 1.49. The summed E-state index contributed by atoms with van der Waals surface area (Å²) in [5.41, 5.74) is -0.593. The molecule has 7 nitrogen and oxygen atoms in total. The standard InChI is InChI=1S/C9H7F3N6O/c1-17-7-6(3-14-17)8(19)18(16-15-7)4-5(2-13)9(10,11)12/h3,5H,4H2,1H3. The highest BCUT2D eigenvalue weighted by molar-refractivity contribution is 5.72. The van der Waals surface area contributed by atoms with Crippen LogP contribution in [0.3, 0.4) is 0 Å². The molecule has 2 aromatic rings. The van der Waals surface area contributed by atoms with Crippen molar-refractivity contribution < 1.29 is 13.2 Å². The van der Waals surface area contributed by atoms with E-state index in [0.29, 0.717) is 4.68 Å². The van der Waals surface area contributed by atoms with E-state index in [9.17, 15) is 18.0 Å². The molecule has 2 heterocycles. The second-order valence-corrected chi connectivity index (χ2v) is 3.81. The van der Waals surface area contributed by atoms with Gasteiger partial charge < -0.3 is 0 Å². The molecule has 100 valence electrons. The summed E-state index contributed by atoms with van der Waals surface area (Å²) in [5, 5.41) is 19.3. The Labute approximate surface area is 103 Å². The fraction of sp³-hybridized carbons (Fsp3) is 0.444. The van der Waals surface area contributed by atoms with E-state index in [0.717, 1.165) is 6.07 Å². The van der Waals surface area contributed by atoms with Gasteiger partial charge in [0.05, 0.1) is 18.8 Å². The maximum atomic E-state index is 12.5. The Kier molecular flexibility index (Phi) is 2.97. The molecular weight excluding hydrogens is 265 g/mol. The van der Waals surface area contributed by atoms with Crippen LogP contribution in [0, 0.1) is 17.2 Å². The lowest BCUT2D eigenvalue weighted by Crippen LogP contribution is -2.33. The Morgan fingerprint density at radius 3 is 2.79 bits per heavy atom. The summed E-state index contributed by atoms with van der Waals surface area (Å²) in [4.78, 5) is 11.9. The van der Waals surface area contributed by atoms with Crippen molar-refractivity contribution in [3.8, 4) is 6.07 Å². The van der Waals surface area contributed by atoms with Crippen molar-refractivity contribution in [3.63, 3.8) is 0 Å². The number of rotatable bonds is 2. The normalized spacial score (nSPS) is 13.4. The second-order valence-electron chi connectivity index (χ2n) is 3.81. The molecule has 1 atom stereocenters. The molecule has 1 unspecified atom stereocenters. The molecule has 0 spiro atoms. The van der Waals surface area contributed by atoms with E-state index in [1.807, 2.05) is 0 Å². The van der Waals surface area contributed by atoms with Gasteiger partial charge in [-0.1, -0.05) is 5.21 Å². The maximum Gasteiger partial charge on any atom is 0.406 e. The number of aromatic nitrogens is 5. The molecule has 19 heavy (non-hydrogen) atoms. The minimum atomic E-state index is -4.72. The number of fused-ring (bicyclic) bond motifs is 1. The molecule has 0 N–H and O–H groups in total. The lowest BCUT2D eigenvalue weighted by Gasteiger charge is -2.12. The van der Waals surface area contributed by atoms with Crippen LogP contribution in [0.1, 0.15) is 0 Å². The van der Waals surface area contributed by atoms with Gasteiger partial charge in [0, 0.05) is 7.05 Å². The molecule has 0 radical (unpaired) electrons. The van der Waals surface area contributed by atoms with Crippen LogP contribution in [0.5, 0.6) is 0 Å². The first-order valence-electron chi connectivity index (χ1n) is 5.06. The first kappa shape index (κ1) is 13.0. The van der Waals surface area contributed by atoms with Crippen molar-refractivity contribution in [2.24, 2.45) is 13.0 Å². The number of aryl methyl sites for hydroxylation is 1. The zero-order valence-corrected chi connectivity index (χ0v) is 9.59. The van der Waals surface area contributed by atoms with Crippen molar-refractivity contribution in [1.82, 2.24) is 24.8 Å². The van der Waals surface area contributed by atoms with Gasteiger partial charge in [0.1, 0.15) is 5.39 Å². The average Bonchev–Trinajstić information content (AvgIpc) is 2.69. The van der Waals surface area contributed by atoms with Crippen LogP contribution in [-0.2, 0) is 13.6 Å². The van der Waals surface area contributed by atoms with Crippen LogP contribution in [0.4, 0.5) is 13.2 Å². The molecule has 0 aliphatic rings. The highest BCUT2D eigenvalue weighted by Crippen LogP contribution is 2.26. The quantitative estimate of drug-likeness (QED) is 0.780. The topological polar surface area (TPSA) is 89.4 Å². The smallest absolute Gasteiger partial charge is 0.267 e. The number of alkyl halides is 3. The molecule has 0 aliphatic carbocycles. The van der Waals surface area contributed by atoms with Crippen molar-refractivity contribution >= 4 is 11.0 Å². The third kappa shape index (κ3) is 2.26. The minimum Gasteiger partial charge on any atom is -0.267 e. The van der Waals surface area contributed by atoms with Crippen molar-refractivity contribution in [2.75, 3.05) is 0 Å². The van der Waals surface area contributed by atoms with Crippen molar-refractivity contribution in [1.29, 1.82) is 5.26 Å². The molecule has 0 fully saturated rings. The number of hydrogen-bond acceptors (Lipinski definition) is 5. The van der Waals surface area contributed by atoms with Gasteiger partial charge in [-0.25, -0.2) is 9.36 Å². The summed E-state index contributed by atoms with van der Waals surface area (Å²) < 4.78 is 39.2. The van der Waals surface area contributed by atoms with Crippen LogP contribution in [0.2, 0.25) is 0 Å². The molecule has 0 saturated carbocycles. The SMILES string of the molecule is Cn1ncc2c(=O)n(CC(C#N)C(F)(F)F)nnc21. The molecule has 0 saturated heterocycles. The second kappa shape index (κ2) is 4.34. The van der Waals surface area contributed by atoms with Gasteiger partial charge in [-0.05, 0) is 0 Å². The number of nitrogens with zero attached hydrogens (tertiary/aromatic N) is 6. The Balaban J connectivity index is 2.45. The van der Waals surface area contributed by atoms with Gasteiger partial charge in [0.15, 0.2) is 11.6 Å². The molecular formula is C9H7F3N6O. The third-order valence-corrected chi connectivity index (χ3v) is 2.53. The molecule has 0 amide bonds. The molecule has 10 heteroatoms. The Morgan fingerprint density at radius 1 is 1.53 bits per heavy atom. The van der Waals surface area contributed by atoms with E-state index in [1.54, 1.807) is 0 Å². The Bertz CT molecular complexity index is 709. The lowest BCUT2D eigenvalue weighted by molar-refractivity contribution is -0.162. The Hall–Kier alpha value is -2.44. The van der Waals surface area contributed by atoms with E-state index in [4.69, 9.17) is 5.26 Å². The van der Waals surface area contributed by atoms with E-state index in [2.05, 4.69) is 15.4 Å². The zero-order chi connectivity index (χ0) is 14.2. The molecule has 0 aromatic carbocycles. The van der Waals surface area contributed by atoms with Crippen LogP contribution >= 0.6 is 0 Å². The van der Waals surface area contributed by atoms with Gasteiger partial charge in [0.2, 0.25) is 0 Å². The predicted octanol–water partition coefficient (Wildman–Crippen LogP) is 0.227. The fourth-order valence-electron chi connectivity index (χ4n) is 1.49. The van der Waals surface area contributed by atoms with Crippen LogP contribution in [0.25, 0.3) is 11.0 Å². The lowest BCUT2D eigenvalue weighted by atomic mass is 10.1. The predicted molar refractivity (Wildman–Crippen MR) is 55.7 cm³/mol. The summed E-state index contributed by atoms with van der Waals surface area (Å²) in [5.74, 6) is -2.31. The zero-order valence-electron chi connectivity index (χ0n) is 9.59. The summed E-state index contributed by atoms with van der Waals surface area (Å²) >= 11 is 0. The summed E-state index contributed by atoms with van der Waals surface area (Å²) in [6.07, 6.45) is -3.53. The summed E-state index contributed by atoms with van der Waals surface area (Å²) in [6.45, 7) is -0.892. The van der Waals surface area contributed by atoms with Gasteiger partial charge in [-0.2, -0.15) is 23.5 Å². The highest BCUT2D eigenvalue weighted by Gasteiger charge is 2.40. The minimum absolute atomic E-state index is 0.0522. The van der Waals surface area contributed by atoms with E-state index >= 15 is 0 Å². The molecule has 2 aromatic heterocycles. The van der Waals surface area contributed by atoms with Crippen molar-refractivity contribution in [2.45, 2.75) is 12.7 Å². The summed E-state index contributed by atoms with van der Waals surface area (Å²) in [6, 6.07) is 1.10.